The molecule has 0 fully saturated rings. The highest BCUT2D eigenvalue weighted by atomic mass is 16.5. The Morgan fingerprint density at radius 3 is 2.36 bits per heavy atom. The average molecular weight is 352 g/mol. The summed E-state index contributed by atoms with van der Waals surface area (Å²) < 4.78 is 15.7. The van der Waals surface area contributed by atoms with E-state index in [-0.39, 0.29) is 17.4 Å². The minimum atomic E-state index is -0.706. The fourth-order valence-electron chi connectivity index (χ4n) is 1.94. The Hall–Kier alpha value is -2.15. The van der Waals surface area contributed by atoms with Crippen LogP contribution in [0.1, 0.15) is 45.0 Å². The first-order valence-corrected chi connectivity index (χ1v) is 8.25. The zero-order valence-electron chi connectivity index (χ0n) is 15.8. The molecule has 0 aliphatic rings. The summed E-state index contributed by atoms with van der Waals surface area (Å²) in [7, 11) is 1.29. The maximum Gasteiger partial charge on any atom is 0.328 e. The van der Waals surface area contributed by atoms with E-state index in [0.717, 1.165) is 0 Å². The minimum absolute atomic E-state index is 0.0882. The standard InChI is InChI=1S/C18H28N2O5/c1-12(2)15(17(22)23-6)20-16(21)13-7-8-14(19-11-13)24-9-10-25-18(3,4)5/h7-8,11-12,15H,9-10H2,1-6H3,(H,20,21). The molecule has 1 atom stereocenters. The molecule has 7 nitrogen and oxygen atoms in total. The van der Waals surface area contributed by atoms with Gasteiger partial charge in [0.2, 0.25) is 5.88 Å². The van der Waals surface area contributed by atoms with Crippen molar-refractivity contribution in [2.45, 2.75) is 46.3 Å². The van der Waals surface area contributed by atoms with E-state index in [1.54, 1.807) is 12.1 Å². The Labute approximate surface area is 149 Å². The molecule has 0 aliphatic carbocycles. The van der Waals surface area contributed by atoms with E-state index >= 15 is 0 Å². The molecule has 7 heteroatoms. The molecule has 1 aromatic rings. The Bertz CT molecular complexity index is 564. The lowest BCUT2D eigenvalue weighted by molar-refractivity contribution is -0.144. The third-order valence-corrected chi connectivity index (χ3v) is 3.28. The Kier molecular flexibility index (Phi) is 7.83. The number of amides is 1. The van der Waals surface area contributed by atoms with E-state index in [0.29, 0.717) is 24.7 Å². The number of hydrogen-bond acceptors (Lipinski definition) is 6. The first-order chi connectivity index (χ1) is 11.6. The van der Waals surface area contributed by atoms with E-state index < -0.39 is 12.0 Å². The number of nitrogens with zero attached hydrogens (tertiary/aromatic N) is 1. The molecule has 0 aliphatic heterocycles. The topological polar surface area (TPSA) is 86.8 Å². The van der Waals surface area contributed by atoms with E-state index in [2.05, 4.69) is 10.3 Å². The van der Waals surface area contributed by atoms with Crippen molar-refractivity contribution in [2.75, 3.05) is 20.3 Å². The number of aromatic nitrogens is 1. The molecule has 0 radical (unpaired) electrons. The normalized spacial score (nSPS) is 12.6. The number of ether oxygens (including phenoxy) is 3. The van der Waals surface area contributed by atoms with Crippen molar-refractivity contribution >= 4 is 11.9 Å². The van der Waals surface area contributed by atoms with E-state index in [4.69, 9.17) is 14.2 Å². The molecule has 0 saturated heterocycles. The van der Waals surface area contributed by atoms with Gasteiger partial charge in [-0.25, -0.2) is 9.78 Å². The molecule has 0 spiro atoms. The van der Waals surface area contributed by atoms with Crippen LogP contribution in [0.25, 0.3) is 0 Å². The van der Waals surface area contributed by atoms with Gasteiger partial charge in [0, 0.05) is 12.3 Å². The maximum atomic E-state index is 12.2. The van der Waals surface area contributed by atoms with Crippen molar-refractivity contribution in [1.29, 1.82) is 0 Å². The van der Waals surface area contributed by atoms with Crippen molar-refractivity contribution in [1.82, 2.24) is 10.3 Å². The van der Waals surface area contributed by atoms with Crippen LogP contribution in [0.15, 0.2) is 18.3 Å². The Balaban J connectivity index is 2.57. The molecular weight excluding hydrogens is 324 g/mol. The Morgan fingerprint density at radius 1 is 1.20 bits per heavy atom. The largest absolute Gasteiger partial charge is 0.475 e. The van der Waals surface area contributed by atoms with Gasteiger partial charge in [-0.3, -0.25) is 4.79 Å². The van der Waals surface area contributed by atoms with Crippen LogP contribution >= 0.6 is 0 Å². The summed E-state index contributed by atoms with van der Waals surface area (Å²) in [6, 6.07) is 2.49. The molecule has 0 saturated carbocycles. The number of methoxy groups -OCH3 is 1. The lowest BCUT2D eigenvalue weighted by Gasteiger charge is -2.20. The van der Waals surface area contributed by atoms with Crippen molar-refractivity contribution < 1.29 is 23.8 Å². The first-order valence-electron chi connectivity index (χ1n) is 8.25. The second kappa shape index (κ2) is 9.36. The van der Waals surface area contributed by atoms with Crippen LogP contribution < -0.4 is 10.1 Å². The third kappa shape index (κ3) is 7.51. The summed E-state index contributed by atoms with van der Waals surface area (Å²) in [6.45, 7) is 10.4. The summed E-state index contributed by atoms with van der Waals surface area (Å²) in [4.78, 5) is 28.0. The maximum absolute atomic E-state index is 12.2. The van der Waals surface area contributed by atoms with Gasteiger partial charge in [0.05, 0.1) is 24.9 Å². The second-order valence-electron chi connectivity index (χ2n) is 6.91. The highest BCUT2D eigenvalue weighted by Crippen LogP contribution is 2.11. The summed E-state index contributed by atoms with van der Waals surface area (Å²) in [6.07, 6.45) is 1.41. The fraction of sp³-hybridized carbons (Fsp3) is 0.611. The van der Waals surface area contributed by atoms with Crippen LogP contribution in [0.2, 0.25) is 0 Å². The quantitative estimate of drug-likeness (QED) is 0.570. The van der Waals surface area contributed by atoms with Gasteiger partial charge >= 0.3 is 5.97 Å². The third-order valence-electron chi connectivity index (χ3n) is 3.28. The van der Waals surface area contributed by atoms with Gasteiger partial charge in [-0.1, -0.05) is 13.8 Å². The van der Waals surface area contributed by atoms with Crippen molar-refractivity contribution in [3.63, 3.8) is 0 Å². The van der Waals surface area contributed by atoms with E-state index in [9.17, 15) is 9.59 Å². The zero-order chi connectivity index (χ0) is 19.0. The van der Waals surface area contributed by atoms with E-state index in [1.165, 1.54) is 13.3 Å². The smallest absolute Gasteiger partial charge is 0.328 e. The number of rotatable bonds is 8. The molecule has 0 bridgehead atoms. The van der Waals surface area contributed by atoms with Crippen LogP contribution in [0.5, 0.6) is 5.88 Å². The van der Waals surface area contributed by atoms with Crippen LogP contribution in [0.4, 0.5) is 0 Å². The van der Waals surface area contributed by atoms with E-state index in [1.807, 2.05) is 34.6 Å². The lowest BCUT2D eigenvalue weighted by atomic mass is 10.0. The number of esters is 1. The summed E-state index contributed by atoms with van der Waals surface area (Å²) >= 11 is 0. The highest BCUT2D eigenvalue weighted by Gasteiger charge is 2.25. The molecular formula is C18H28N2O5. The predicted octanol–water partition coefficient (Wildman–Crippen LogP) is 2.20. The van der Waals surface area contributed by atoms with Crippen molar-refractivity contribution in [3.05, 3.63) is 23.9 Å². The van der Waals surface area contributed by atoms with Gasteiger partial charge in [-0.05, 0) is 32.8 Å². The predicted molar refractivity (Wildman–Crippen MR) is 93.5 cm³/mol. The van der Waals surface area contributed by atoms with Crippen LogP contribution in [0, 0.1) is 5.92 Å². The molecule has 1 amide bonds. The van der Waals surface area contributed by atoms with Gasteiger partial charge in [0.25, 0.3) is 5.91 Å². The average Bonchev–Trinajstić information content (AvgIpc) is 2.55. The van der Waals surface area contributed by atoms with Gasteiger partial charge in [0.15, 0.2) is 0 Å². The summed E-state index contributed by atoms with van der Waals surface area (Å²) in [5.74, 6) is -0.549. The number of nitrogens with one attached hydrogen (secondary N) is 1. The van der Waals surface area contributed by atoms with Gasteiger partial charge < -0.3 is 19.5 Å². The molecule has 1 rings (SSSR count). The van der Waals surface area contributed by atoms with Crippen molar-refractivity contribution in [2.24, 2.45) is 5.92 Å². The number of carbonyl (C=O) groups is 2. The summed E-state index contributed by atoms with van der Waals surface area (Å²) in [5.41, 5.74) is 0.124. The fourth-order valence-corrected chi connectivity index (χ4v) is 1.94. The molecule has 1 heterocycles. The number of carbonyl (C=O) groups excluding carboxylic acids is 2. The minimum Gasteiger partial charge on any atom is -0.475 e. The second-order valence-corrected chi connectivity index (χ2v) is 6.91. The zero-order valence-corrected chi connectivity index (χ0v) is 15.8. The molecule has 1 N–H and O–H groups in total. The SMILES string of the molecule is COC(=O)C(NC(=O)c1ccc(OCCOC(C)(C)C)nc1)C(C)C. The molecule has 1 unspecified atom stereocenters. The Morgan fingerprint density at radius 2 is 1.88 bits per heavy atom. The number of hydrogen-bond donors (Lipinski definition) is 1. The van der Waals surface area contributed by atoms with Crippen molar-refractivity contribution in [3.8, 4) is 5.88 Å². The molecule has 140 valence electrons. The first kappa shape index (κ1) is 20.9. The monoisotopic (exact) mass is 352 g/mol. The highest BCUT2D eigenvalue weighted by molar-refractivity contribution is 5.96. The molecule has 0 aromatic carbocycles. The molecule has 25 heavy (non-hydrogen) atoms. The lowest BCUT2D eigenvalue weighted by Crippen LogP contribution is -2.45. The number of pyridine rings is 1. The van der Waals surface area contributed by atoms with Gasteiger partial charge in [0.1, 0.15) is 12.6 Å². The summed E-state index contributed by atoms with van der Waals surface area (Å²) in [5, 5.41) is 2.66. The van der Waals surface area contributed by atoms with Gasteiger partial charge in [-0.2, -0.15) is 0 Å². The van der Waals surface area contributed by atoms with Crippen LogP contribution in [0.3, 0.4) is 0 Å². The van der Waals surface area contributed by atoms with Crippen LogP contribution in [-0.2, 0) is 14.3 Å². The molecule has 1 aromatic heterocycles. The van der Waals surface area contributed by atoms with Crippen LogP contribution in [-0.4, -0.2) is 48.8 Å². The van der Waals surface area contributed by atoms with Gasteiger partial charge in [-0.15, -0.1) is 0 Å².